The van der Waals surface area contributed by atoms with E-state index >= 15 is 0 Å². The average molecular weight is 367 g/mol. The molecule has 0 aliphatic heterocycles. The lowest BCUT2D eigenvalue weighted by molar-refractivity contribution is 0.262. The van der Waals surface area contributed by atoms with Crippen LogP contribution in [0.3, 0.4) is 0 Å². The van der Waals surface area contributed by atoms with Gasteiger partial charge in [0.25, 0.3) is 0 Å². The van der Waals surface area contributed by atoms with Gasteiger partial charge in [-0.05, 0) is 44.2 Å². The number of carbonyl (C=O) groups excluding carboxylic acids is 1. The molecule has 1 heterocycles. The minimum Gasteiger partial charge on any atom is -0.308 e. The standard InChI is InChI=1S/C15H15ClN4OS2/c1-15(2,3)7-8-22-14-19-13(23-20-14)18-12(21)17-11-6-4-5-10(16)9-11/h4-6,9H,1-3H3,(H2,17,18,19,20,21). The first-order valence-corrected chi connectivity index (χ1v) is 8.65. The maximum Gasteiger partial charge on any atom is 0.325 e. The van der Waals surface area contributed by atoms with Crippen LogP contribution < -0.4 is 10.6 Å². The number of aromatic nitrogens is 2. The molecule has 0 aliphatic carbocycles. The SMILES string of the molecule is CC(C)(C)C#CSc1nsc(NC(=O)Nc2cccc(Cl)c2)n1. The summed E-state index contributed by atoms with van der Waals surface area (Å²) in [5.74, 6) is 3.08. The Labute approximate surface area is 148 Å². The highest BCUT2D eigenvalue weighted by Crippen LogP contribution is 2.21. The summed E-state index contributed by atoms with van der Waals surface area (Å²) in [7, 11) is 0. The number of amides is 2. The minimum absolute atomic E-state index is 0.0685. The van der Waals surface area contributed by atoms with Crippen molar-refractivity contribution in [3.05, 3.63) is 29.3 Å². The number of benzene rings is 1. The molecule has 0 spiro atoms. The van der Waals surface area contributed by atoms with Crippen LogP contribution in [0.25, 0.3) is 0 Å². The van der Waals surface area contributed by atoms with Crippen LogP contribution >= 0.6 is 34.9 Å². The molecule has 0 fully saturated rings. The zero-order valence-electron chi connectivity index (χ0n) is 12.8. The fourth-order valence-electron chi connectivity index (χ4n) is 1.35. The molecule has 120 valence electrons. The summed E-state index contributed by atoms with van der Waals surface area (Å²) in [6, 6.07) is 6.49. The number of nitrogens with one attached hydrogen (secondary N) is 2. The molecule has 2 amide bonds. The van der Waals surface area contributed by atoms with Crippen molar-refractivity contribution >= 4 is 51.7 Å². The van der Waals surface area contributed by atoms with Crippen molar-refractivity contribution < 1.29 is 4.79 Å². The molecule has 8 heteroatoms. The number of anilines is 2. The summed E-state index contributed by atoms with van der Waals surface area (Å²) in [5, 5.41) is 9.74. The fraction of sp³-hybridized carbons (Fsp3) is 0.267. The van der Waals surface area contributed by atoms with Crippen molar-refractivity contribution in [1.29, 1.82) is 0 Å². The zero-order chi connectivity index (χ0) is 16.9. The van der Waals surface area contributed by atoms with Gasteiger partial charge in [-0.15, -0.1) is 0 Å². The predicted octanol–water partition coefficient (Wildman–Crippen LogP) is 4.93. The van der Waals surface area contributed by atoms with Crippen molar-refractivity contribution in [2.45, 2.75) is 25.9 Å². The molecule has 0 bridgehead atoms. The van der Waals surface area contributed by atoms with Crippen LogP contribution in [0.1, 0.15) is 20.8 Å². The van der Waals surface area contributed by atoms with E-state index in [2.05, 4.69) is 31.2 Å². The number of thioether (sulfide) groups is 1. The molecule has 2 aromatic rings. The molecule has 0 aliphatic rings. The van der Waals surface area contributed by atoms with Crippen molar-refractivity contribution in [3.63, 3.8) is 0 Å². The smallest absolute Gasteiger partial charge is 0.308 e. The van der Waals surface area contributed by atoms with Crippen LogP contribution in [0.5, 0.6) is 0 Å². The number of hydrogen-bond donors (Lipinski definition) is 2. The average Bonchev–Trinajstić information content (AvgIpc) is 2.84. The summed E-state index contributed by atoms with van der Waals surface area (Å²) >= 11 is 8.21. The van der Waals surface area contributed by atoms with Gasteiger partial charge in [-0.1, -0.05) is 23.6 Å². The highest BCUT2D eigenvalue weighted by atomic mass is 35.5. The third-order valence-corrected chi connectivity index (χ3v) is 3.83. The Morgan fingerprint density at radius 1 is 1.35 bits per heavy atom. The molecule has 0 radical (unpaired) electrons. The second-order valence-electron chi connectivity index (χ2n) is 5.55. The van der Waals surface area contributed by atoms with E-state index in [1.807, 2.05) is 20.8 Å². The van der Waals surface area contributed by atoms with Crippen LogP contribution in [0.2, 0.25) is 5.02 Å². The molecule has 0 saturated carbocycles. The third-order valence-electron chi connectivity index (χ3n) is 2.28. The molecule has 2 rings (SSSR count). The van der Waals surface area contributed by atoms with Crippen LogP contribution in [-0.2, 0) is 0 Å². The number of carbonyl (C=O) groups is 1. The summed E-state index contributed by atoms with van der Waals surface area (Å²) in [6.45, 7) is 6.09. The van der Waals surface area contributed by atoms with E-state index in [9.17, 15) is 4.79 Å². The van der Waals surface area contributed by atoms with Crippen molar-refractivity contribution in [2.24, 2.45) is 5.41 Å². The number of halogens is 1. The van der Waals surface area contributed by atoms with E-state index in [4.69, 9.17) is 11.6 Å². The number of hydrogen-bond acceptors (Lipinski definition) is 5. The van der Waals surface area contributed by atoms with Gasteiger partial charge in [0, 0.05) is 39.4 Å². The van der Waals surface area contributed by atoms with Crippen LogP contribution in [0.15, 0.2) is 29.4 Å². The first-order valence-electron chi connectivity index (χ1n) is 6.68. The number of urea groups is 1. The second kappa shape index (κ2) is 7.68. The van der Waals surface area contributed by atoms with Crippen LogP contribution in [-0.4, -0.2) is 15.4 Å². The first-order chi connectivity index (χ1) is 10.8. The van der Waals surface area contributed by atoms with Gasteiger partial charge >= 0.3 is 6.03 Å². The molecule has 0 atom stereocenters. The minimum atomic E-state index is -0.402. The molecule has 1 aromatic carbocycles. The Hall–Kier alpha value is -1.75. The summed E-state index contributed by atoms with van der Waals surface area (Å²) in [5.41, 5.74) is 0.533. The van der Waals surface area contributed by atoms with Gasteiger partial charge in [-0.2, -0.15) is 9.36 Å². The quantitative estimate of drug-likeness (QED) is 0.596. The van der Waals surface area contributed by atoms with E-state index < -0.39 is 6.03 Å². The zero-order valence-corrected chi connectivity index (χ0v) is 15.2. The van der Waals surface area contributed by atoms with Gasteiger partial charge in [0.15, 0.2) is 0 Å². The number of nitrogens with zero attached hydrogens (tertiary/aromatic N) is 2. The molecule has 0 saturated heterocycles. The summed E-state index contributed by atoms with van der Waals surface area (Å²) < 4.78 is 4.14. The van der Waals surface area contributed by atoms with E-state index in [0.29, 0.717) is 21.0 Å². The summed E-state index contributed by atoms with van der Waals surface area (Å²) in [4.78, 5) is 16.1. The van der Waals surface area contributed by atoms with Gasteiger partial charge in [-0.3, -0.25) is 5.32 Å². The molecule has 0 unspecified atom stereocenters. The van der Waals surface area contributed by atoms with E-state index in [0.717, 1.165) is 11.5 Å². The Balaban J connectivity index is 1.91. The lowest BCUT2D eigenvalue weighted by Crippen LogP contribution is -2.19. The Morgan fingerprint density at radius 3 is 2.83 bits per heavy atom. The van der Waals surface area contributed by atoms with E-state index in [-0.39, 0.29) is 5.41 Å². The topological polar surface area (TPSA) is 66.9 Å². The third kappa shape index (κ3) is 6.48. The first kappa shape index (κ1) is 17.6. The van der Waals surface area contributed by atoms with E-state index in [1.54, 1.807) is 24.3 Å². The van der Waals surface area contributed by atoms with Crippen molar-refractivity contribution in [2.75, 3.05) is 10.6 Å². The maximum absolute atomic E-state index is 11.9. The second-order valence-corrected chi connectivity index (χ2v) is 7.51. The molecular formula is C15H15ClN4OS2. The lowest BCUT2D eigenvalue weighted by Gasteiger charge is -2.05. The Kier molecular flexibility index (Phi) is 5.88. The Bertz CT molecular complexity index is 759. The fourth-order valence-corrected chi connectivity index (χ4v) is 2.92. The highest BCUT2D eigenvalue weighted by Gasteiger charge is 2.09. The normalized spacial score (nSPS) is 10.6. The van der Waals surface area contributed by atoms with E-state index in [1.165, 1.54) is 11.8 Å². The van der Waals surface area contributed by atoms with Gasteiger partial charge < -0.3 is 5.32 Å². The van der Waals surface area contributed by atoms with Crippen LogP contribution in [0.4, 0.5) is 15.6 Å². The lowest BCUT2D eigenvalue weighted by atomic mass is 9.99. The Morgan fingerprint density at radius 2 is 2.13 bits per heavy atom. The van der Waals surface area contributed by atoms with Gasteiger partial charge in [-0.25, -0.2) is 4.79 Å². The van der Waals surface area contributed by atoms with Gasteiger partial charge in [0.05, 0.1) is 0 Å². The van der Waals surface area contributed by atoms with Crippen LogP contribution in [0, 0.1) is 16.6 Å². The molecule has 5 nitrogen and oxygen atoms in total. The van der Waals surface area contributed by atoms with Crippen molar-refractivity contribution in [3.8, 4) is 11.2 Å². The number of rotatable bonds is 3. The van der Waals surface area contributed by atoms with Gasteiger partial charge in [0.2, 0.25) is 10.3 Å². The maximum atomic E-state index is 11.9. The molecular weight excluding hydrogens is 352 g/mol. The van der Waals surface area contributed by atoms with Gasteiger partial charge in [0.1, 0.15) is 0 Å². The molecule has 2 N–H and O–H groups in total. The largest absolute Gasteiger partial charge is 0.325 e. The summed E-state index contributed by atoms with van der Waals surface area (Å²) in [6.07, 6.45) is 0. The molecule has 1 aromatic heterocycles. The highest BCUT2D eigenvalue weighted by molar-refractivity contribution is 8.03. The monoisotopic (exact) mass is 366 g/mol. The predicted molar refractivity (Wildman–Crippen MR) is 97.1 cm³/mol. The molecule has 23 heavy (non-hydrogen) atoms. The van der Waals surface area contributed by atoms with Crippen molar-refractivity contribution in [1.82, 2.24) is 9.36 Å².